The van der Waals surface area contributed by atoms with Crippen molar-refractivity contribution in [2.75, 3.05) is 45.3 Å². The monoisotopic (exact) mass is 266 g/mol. The summed E-state index contributed by atoms with van der Waals surface area (Å²) < 4.78 is 6.32. The SMILES string of the molecule is COCCNCCN(C)c1cc2n[nH]c(=O)n2cn1. The minimum absolute atomic E-state index is 0.280. The molecular weight excluding hydrogens is 248 g/mol. The Bertz CT molecular complexity index is 578. The molecule has 0 spiro atoms. The van der Waals surface area contributed by atoms with Crippen molar-refractivity contribution in [2.24, 2.45) is 0 Å². The summed E-state index contributed by atoms with van der Waals surface area (Å²) in [7, 11) is 3.63. The third kappa shape index (κ3) is 3.30. The lowest BCUT2D eigenvalue weighted by atomic mass is 10.4. The van der Waals surface area contributed by atoms with Crippen LogP contribution in [-0.2, 0) is 4.74 Å². The molecule has 104 valence electrons. The van der Waals surface area contributed by atoms with Crippen molar-refractivity contribution in [3.63, 3.8) is 0 Å². The minimum Gasteiger partial charge on any atom is -0.383 e. The maximum atomic E-state index is 11.3. The fraction of sp³-hybridized carbons (Fsp3) is 0.545. The summed E-state index contributed by atoms with van der Waals surface area (Å²) in [5.74, 6) is 0.778. The molecule has 0 aliphatic carbocycles. The smallest absolute Gasteiger partial charge is 0.348 e. The second-order valence-electron chi connectivity index (χ2n) is 4.17. The molecule has 0 saturated heterocycles. The van der Waals surface area contributed by atoms with Crippen molar-refractivity contribution in [1.82, 2.24) is 24.9 Å². The van der Waals surface area contributed by atoms with Gasteiger partial charge in [0.05, 0.1) is 6.61 Å². The van der Waals surface area contributed by atoms with Gasteiger partial charge in [0.1, 0.15) is 12.1 Å². The lowest BCUT2D eigenvalue weighted by Crippen LogP contribution is -2.31. The molecular formula is C11H18N6O2. The first-order valence-corrected chi connectivity index (χ1v) is 6.06. The van der Waals surface area contributed by atoms with E-state index in [2.05, 4.69) is 20.5 Å². The summed E-state index contributed by atoms with van der Waals surface area (Å²) in [6, 6.07) is 1.77. The average molecular weight is 266 g/mol. The van der Waals surface area contributed by atoms with E-state index in [1.165, 1.54) is 10.7 Å². The van der Waals surface area contributed by atoms with Crippen LogP contribution in [0.4, 0.5) is 5.82 Å². The molecule has 0 amide bonds. The highest BCUT2D eigenvalue weighted by molar-refractivity contribution is 5.49. The molecule has 0 unspecified atom stereocenters. The predicted molar refractivity (Wildman–Crippen MR) is 71.6 cm³/mol. The molecule has 8 heteroatoms. The average Bonchev–Trinajstić information content (AvgIpc) is 2.79. The Labute approximate surface area is 110 Å². The Morgan fingerprint density at radius 3 is 3.16 bits per heavy atom. The number of aromatic nitrogens is 4. The standard InChI is InChI=1S/C11H18N6O2/c1-16(5-3-12-4-6-19-2)9-7-10-14-15-11(18)17(10)8-13-9/h7-8,12H,3-6H2,1-2H3,(H,15,18). The van der Waals surface area contributed by atoms with Gasteiger partial charge in [-0.15, -0.1) is 0 Å². The number of H-pyrrole nitrogens is 1. The molecule has 0 aliphatic heterocycles. The van der Waals surface area contributed by atoms with Crippen molar-refractivity contribution in [1.29, 1.82) is 0 Å². The molecule has 2 aromatic rings. The van der Waals surface area contributed by atoms with E-state index in [0.717, 1.165) is 25.5 Å². The Morgan fingerprint density at radius 2 is 2.37 bits per heavy atom. The summed E-state index contributed by atoms with van der Waals surface area (Å²) in [4.78, 5) is 17.5. The maximum Gasteiger partial charge on any atom is 0.348 e. The Kier molecular flexibility index (Phi) is 4.48. The Hall–Kier alpha value is -1.93. The van der Waals surface area contributed by atoms with Gasteiger partial charge in [0.2, 0.25) is 0 Å². The maximum absolute atomic E-state index is 11.3. The number of aromatic amines is 1. The molecule has 2 N–H and O–H groups in total. The number of ether oxygens (including phenoxy) is 1. The first-order chi connectivity index (χ1) is 9.22. The molecule has 19 heavy (non-hydrogen) atoms. The van der Waals surface area contributed by atoms with Gasteiger partial charge in [0.25, 0.3) is 0 Å². The number of nitrogens with one attached hydrogen (secondary N) is 2. The van der Waals surface area contributed by atoms with Gasteiger partial charge in [0.15, 0.2) is 5.65 Å². The van der Waals surface area contributed by atoms with E-state index in [-0.39, 0.29) is 5.69 Å². The quantitative estimate of drug-likeness (QED) is 0.631. The molecule has 2 rings (SSSR count). The van der Waals surface area contributed by atoms with Gasteiger partial charge in [-0.1, -0.05) is 0 Å². The highest BCUT2D eigenvalue weighted by atomic mass is 16.5. The molecule has 0 fully saturated rings. The highest BCUT2D eigenvalue weighted by Crippen LogP contribution is 2.08. The number of hydrogen-bond acceptors (Lipinski definition) is 6. The van der Waals surface area contributed by atoms with Crippen LogP contribution >= 0.6 is 0 Å². The molecule has 0 saturated carbocycles. The van der Waals surface area contributed by atoms with E-state index in [1.54, 1.807) is 13.2 Å². The van der Waals surface area contributed by atoms with Crippen molar-refractivity contribution >= 4 is 11.5 Å². The van der Waals surface area contributed by atoms with Gasteiger partial charge in [-0.2, -0.15) is 5.10 Å². The van der Waals surface area contributed by atoms with Crippen molar-refractivity contribution in [2.45, 2.75) is 0 Å². The zero-order valence-electron chi connectivity index (χ0n) is 11.1. The summed E-state index contributed by atoms with van der Waals surface area (Å²) in [5.41, 5.74) is 0.284. The van der Waals surface area contributed by atoms with Crippen LogP contribution in [0, 0.1) is 0 Å². The van der Waals surface area contributed by atoms with E-state index in [1.807, 2.05) is 11.9 Å². The van der Waals surface area contributed by atoms with Crippen LogP contribution in [0.1, 0.15) is 0 Å². The van der Waals surface area contributed by atoms with Gasteiger partial charge in [-0.3, -0.25) is 0 Å². The molecule has 2 aromatic heterocycles. The van der Waals surface area contributed by atoms with Crippen LogP contribution in [0.25, 0.3) is 5.65 Å². The van der Waals surface area contributed by atoms with Crippen molar-refractivity contribution in [3.05, 3.63) is 22.9 Å². The fourth-order valence-electron chi connectivity index (χ4n) is 1.67. The van der Waals surface area contributed by atoms with E-state index in [9.17, 15) is 4.79 Å². The normalized spacial score (nSPS) is 11.1. The summed E-state index contributed by atoms with van der Waals surface area (Å²) in [6.07, 6.45) is 1.48. The van der Waals surface area contributed by atoms with Crippen LogP contribution in [0.15, 0.2) is 17.2 Å². The van der Waals surface area contributed by atoms with E-state index >= 15 is 0 Å². The predicted octanol–water partition coefficient (Wildman–Crippen LogP) is -0.910. The summed E-state index contributed by atoms with van der Waals surface area (Å²) in [6.45, 7) is 3.16. The van der Waals surface area contributed by atoms with Crippen LogP contribution in [0.2, 0.25) is 0 Å². The lowest BCUT2D eigenvalue weighted by Gasteiger charge is -2.18. The summed E-state index contributed by atoms with van der Waals surface area (Å²) in [5, 5.41) is 9.55. The fourth-order valence-corrected chi connectivity index (χ4v) is 1.67. The van der Waals surface area contributed by atoms with E-state index in [0.29, 0.717) is 12.3 Å². The Morgan fingerprint density at radius 1 is 1.53 bits per heavy atom. The number of fused-ring (bicyclic) bond motifs is 1. The minimum atomic E-state index is -0.280. The molecule has 0 aromatic carbocycles. The zero-order chi connectivity index (χ0) is 13.7. The van der Waals surface area contributed by atoms with Crippen LogP contribution in [0.5, 0.6) is 0 Å². The van der Waals surface area contributed by atoms with Gasteiger partial charge in [0, 0.05) is 39.9 Å². The molecule has 0 bridgehead atoms. The summed E-state index contributed by atoms with van der Waals surface area (Å²) >= 11 is 0. The van der Waals surface area contributed by atoms with Crippen LogP contribution < -0.4 is 15.9 Å². The number of anilines is 1. The molecule has 2 heterocycles. The van der Waals surface area contributed by atoms with E-state index < -0.39 is 0 Å². The van der Waals surface area contributed by atoms with E-state index in [4.69, 9.17) is 4.74 Å². The largest absolute Gasteiger partial charge is 0.383 e. The molecule has 0 aliphatic rings. The van der Waals surface area contributed by atoms with Gasteiger partial charge in [-0.25, -0.2) is 19.3 Å². The number of likely N-dealkylation sites (N-methyl/N-ethyl adjacent to an activating group) is 1. The zero-order valence-corrected chi connectivity index (χ0v) is 11.1. The third-order valence-corrected chi connectivity index (χ3v) is 2.79. The second-order valence-corrected chi connectivity index (χ2v) is 4.17. The van der Waals surface area contributed by atoms with Crippen molar-refractivity contribution < 1.29 is 4.74 Å². The first kappa shape index (κ1) is 13.5. The van der Waals surface area contributed by atoms with Gasteiger partial charge < -0.3 is 15.0 Å². The first-order valence-electron chi connectivity index (χ1n) is 6.06. The number of methoxy groups -OCH3 is 1. The highest BCUT2D eigenvalue weighted by Gasteiger charge is 2.06. The third-order valence-electron chi connectivity index (χ3n) is 2.79. The van der Waals surface area contributed by atoms with Gasteiger partial charge in [-0.05, 0) is 0 Å². The number of nitrogens with zero attached hydrogens (tertiary/aromatic N) is 4. The van der Waals surface area contributed by atoms with Crippen LogP contribution in [-0.4, -0.2) is 60.0 Å². The number of rotatable bonds is 7. The second kappa shape index (κ2) is 6.30. The van der Waals surface area contributed by atoms with Crippen molar-refractivity contribution in [3.8, 4) is 0 Å². The topological polar surface area (TPSA) is 87.5 Å². The number of hydrogen-bond donors (Lipinski definition) is 2. The van der Waals surface area contributed by atoms with Crippen LogP contribution in [0.3, 0.4) is 0 Å². The molecule has 8 nitrogen and oxygen atoms in total. The molecule has 0 radical (unpaired) electrons. The Balaban J connectivity index is 1.93. The lowest BCUT2D eigenvalue weighted by molar-refractivity contribution is 0.200. The molecule has 0 atom stereocenters. The van der Waals surface area contributed by atoms with Gasteiger partial charge >= 0.3 is 5.69 Å².